The molecule has 0 aliphatic carbocycles. The fourth-order valence-electron chi connectivity index (χ4n) is 1.44. The summed E-state index contributed by atoms with van der Waals surface area (Å²) in [5.41, 5.74) is 1.07. The molecular formula is C13H9ClFNO. The van der Waals surface area contributed by atoms with Gasteiger partial charge in [0.25, 0.3) is 0 Å². The molecular weight excluding hydrogens is 241 g/mol. The molecule has 0 fully saturated rings. The number of pyridine rings is 1. The normalized spacial score (nSPS) is 10.2. The lowest BCUT2D eigenvalue weighted by molar-refractivity contribution is 0.0992. The van der Waals surface area contributed by atoms with Crippen LogP contribution in [0.1, 0.15) is 16.1 Å². The summed E-state index contributed by atoms with van der Waals surface area (Å²) in [5, 5.41) is -0.0446. The molecule has 0 saturated carbocycles. The summed E-state index contributed by atoms with van der Waals surface area (Å²) < 4.78 is 12.9. The van der Waals surface area contributed by atoms with E-state index in [1.807, 2.05) is 6.07 Å². The second kappa shape index (κ2) is 5.06. The third-order valence-corrected chi connectivity index (χ3v) is 2.60. The molecule has 2 aromatic rings. The maximum atomic E-state index is 12.9. The average Bonchev–Trinajstić information content (AvgIpc) is 2.34. The molecule has 0 spiro atoms. The summed E-state index contributed by atoms with van der Waals surface area (Å²) in [7, 11) is 0. The summed E-state index contributed by atoms with van der Waals surface area (Å²) in [6.45, 7) is 0. The fourth-order valence-corrected chi connectivity index (χ4v) is 1.62. The molecule has 0 amide bonds. The van der Waals surface area contributed by atoms with Crippen LogP contribution in [0.25, 0.3) is 0 Å². The van der Waals surface area contributed by atoms with E-state index >= 15 is 0 Å². The van der Waals surface area contributed by atoms with E-state index in [2.05, 4.69) is 4.98 Å². The van der Waals surface area contributed by atoms with Gasteiger partial charge in [-0.2, -0.15) is 0 Å². The number of hydrogen-bond acceptors (Lipinski definition) is 2. The molecule has 0 aliphatic heterocycles. The summed E-state index contributed by atoms with van der Waals surface area (Å²) >= 11 is 5.62. The third-order valence-electron chi connectivity index (χ3n) is 2.31. The largest absolute Gasteiger partial charge is 0.294 e. The molecule has 0 N–H and O–H groups in total. The van der Waals surface area contributed by atoms with Crippen molar-refractivity contribution in [2.24, 2.45) is 0 Å². The van der Waals surface area contributed by atoms with E-state index in [9.17, 15) is 9.18 Å². The SMILES string of the molecule is O=C(Cc1ccccn1)c1ccc(F)c(Cl)c1. The third kappa shape index (κ3) is 2.88. The number of rotatable bonds is 3. The highest BCUT2D eigenvalue weighted by Gasteiger charge is 2.10. The Bertz CT molecular complexity index is 542. The molecule has 1 aromatic carbocycles. The molecule has 1 heterocycles. The fraction of sp³-hybridized carbons (Fsp3) is 0.0769. The number of ketones is 1. The van der Waals surface area contributed by atoms with Crippen molar-refractivity contribution in [2.75, 3.05) is 0 Å². The number of halogens is 2. The van der Waals surface area contributed by atoms with Crippen molar-refractivity contribution in [3.63, 3.8) is 0 Å². The molecule has 0 atom stereocenters. The van der Waals surface area contributed by atoms with Crippen LogP contribution in [0.2, 0.25) is 5.02 Å². The van der Waals surface area contributed by atoms with E-state index in [0.29, 0.717) is 11.3 Å². The Labute approximate surface area is 103 Å². The van der Waals surface area contributed by atoms with Crippen molar-refractivity contribution in [1.29, 1.82) is 0 Å². The molecule has 17 heavy (non-hydrogen) atoms. The van der Waals surface area contributed by atoms with Crippen LogP contribution in [0.15, 0.2) is 42.6 Å². The molecule has 1 aromatic heterocycles. The van der Waals surface area contributed by atoms with E-state index in [0.717, 1.165) is 0 Å². The van der Waals surface area contributed by atoms with Crippen molar-refractivity contribution < 1.29 is 9.18 Å². The van der Waals surface area contributed by atoms with Crippen molar-refractivity contribution in [2.45, 2.75) is 6.42 Å². The first kappa shape index (κ1) is 11.7. The van der Waals surface area contributed by atoms with Crippen molar-refractivity contribution in [3.05, 3.63) is 64.7 Å². The van der Waals surface area contributed by atoms with Gasteiger partial charge in [-0.1, -0.05) is 17.7 Å². The van der Waals surface area contributed by atoms with Gasteiger partial charge < -0.3 is 0 Å². The second-order valence-electron chi connectivity index (χ2n) is 3.55. The molecule has 86 valence electrons. The van der Waals surface area contributed by atoms with E-state index in [4.69, 9.17) is 11.6 Å². The van der Waals surface area contributed by atoms with Crippen LogP contribution in [-0.2, 0) is 6.42 Å². The summed E-state index contributed by atoms with van der Waals surface area (Å²) in [4.78, 5) is 15.9. The zero-order valence-corrected chi connectivity index (χ0v) is 9.62. The van der Waals surface area contributed by atoms with Gasteiger partial charge in [-0.25, -0.2) is 4.39 Å². The topological polar surface area (TPSA) is 30.0 Å². The van der Waals surface area contributed by atoms with Crippen LogP contribution in [0.3, 0.4) is 0 Å². The Kier molecular flexibility index (Phi) is 3.49. The molecule has 0 unspecified atom stereocenters. The molecule has 0 aliphatic rings. The van der Waals surface area contributed by atoms with Gasteiger partial charge in [0.15, 0.2) is 5.78 Å². The lowest BCUT2D eigenvalue weighted by Crippen LogP contribution is -2.05. The predicted molar refractivity (Wildman–Crippen MR) is 63.7 cm³/mol. The zero-order valence-electron chi connectivity index (χ0n) is 8.86. The van der Waals surface area contributed by atoms with Crippen LogP contribution >= 0.6 is 11.6 Å². The number of nitrogens with zero attached hydrogens (tertiary/aromatic N) is 1. The minimum absolute atomic E-state index is 0.0446. The van der Waals surface area contributed by atoms with Gasteiger partial charge >= 0.3 is 0 Å². The van der Waals surface area contributed by atoms with Gasteiger partial charge in [0, 0.05) is 17.5 Å². The first-order valence-electron chi connectivity index (χ1n) is 5.05. The number of benzene rings is 1. The number of carbonyl (C=O) groups is 1. The van der Waals surface area contributed by atoms with E-state index in [1.54, 1.807) is 18.3 Å². The van der Waals surface area contributed by atoms with Gasteiger partial charge in [-0.15, -0.1) is 0 Å². The minimum atomic E-state index is -0.527. The Morgan fingerprint density at radius 1 is 1.29 bits per heavy atom. The minimum Gasteiger partial charge on any atom is -0.294 e. The Hall–Kier alpha value is -1.74. The predicted octanol–water partition coefficient (Wildman–Crippen LogP) is 3.30. The van der Waals surface area contributed by atoms with Crippen molar-refractivity contribution >= 4 is 17.4 Å². The summed E-state index contributed by atoms with van der Waals surface area (Å²) in [6, 6.07) is 9.31. The molecule has 0 bridgehead atoms. The van der Waals surface area contributed by atoms with Crippen molar-refractivity contribution in [1.82, 2.24) is 4.98 Å². The standard InChI is InChI=1S/C13H9ClFNO/c14-11-7-9(4-5-12(11)15)13(17)8-10-3-1-2-6-16-10/h1-7H,8H2. The van der Waals surface area contributed by atoms with Crippen molar-refractivity contribution in [3.8, 4) is 0 Å². The first-order chi connectivity index (χ1) is 8.16. The second-order valence-corrected chi connectivity index (χ2v) is 3.96. The highest BCUT2D eigenvalue weighted by atomic mass is 35.5. The van der Waals surface area contributed by atoms with Crippen LogP contribution in [0.5, 0.6) is 0 Å². The lowest BCUT2D eigenvalue weighted by atomic mass is 10.1. The lowest BCUT2D eigenvalue weighted by Gasteiger charge is -2.02. The van der Waals surface area contributed by atoms with Gasteiger partial charge in [-0.3, -0.25) is 9.78 Å². The Balaban J connectivity index is 2.18. The maximum absolute atomic E-state index is 12.9. The van der Waals surface area contributed by atoms with E-state index in [1.165, 1.54) is 18.2 Å². The summed E-state index contributed by atoms with van der Waals surface area (Å²) in [6.07, 6.45) is 1.81. The van der Waals surface area contributed by atoms with Crippen LogP contribution < -0.4 is 0 Å². The van der Waals surface area contributed by atoms with Gasteiger partial charge in [0.05, 0.1) is 11.4 Å². The molecule has 2 rings (SSSR count). The molecule has 4 heteroatoms. The Morgan fingerprint density at radius 3 is 2.76 bits per heavy atom. The first-order valence-corrected chi connectivity index (χ1v) is 5.43. The summed E-state index contributed by atoms with van der Waals surface area (Å²) in [5.74, 6) is -0.661. The number of Topliss-reactive ketones (excluding diaryl/α,β-unsaturated/α-hetero) is 1. The number of hydrogen-bond donors (Lipinski definition) is 0. The molecule has 2 nitrogen and oxygen atoms in total. The smallest absolute Gasteiger partial charge is 0.168 e. The van der Waals surface area contributed by atoms with E-state index < -0.39 is 5.82 Å². The molecule has 0 saturated heterocycles. The van der Waals surface area contributed by atoms with Crippen LogP contribution in [0.4, 0.5) is 4.39 Å². The Morgan fingerprint density at radius 2 is 2.12 bits per heavy atom. The van der Waals surface area contributed by atoms with Gasteiger partial charge in [-0.05, 0) is 30.3 Å². The quantitative estimate of drug-likeness (QED) is 0.782. The van der Waals surface area contributed by atoms with Gasteiger partial charge in [0.1, 0.15) is 5.82 Å². The highest BCUT2D eigenvalue weighted by Crippen LogP contribution is 2.17. The maximum Gasteiger partial charge on any atom is 0.168 e. The highest BCUT2D eigenvalue weighted by molar-refractivity contribution is 6.31. The zero-order chi connectivity index (χ0) is 12.3. The van der Waals surface area contributed by atoms with Crippen LogP contribution in [0, 0.1) is 5.82 Å². The van der Waals surface area contributed by atoms with Gasteiger partial charge in [0.2, 0.25) is 0 Å². The average molecular weight is 250 g/mol. The van der Waals surface area contributed by atoms with Crippen LogP contribution in [-0.4, -0.2) is 10.8 Å². The molecule has 0 radical (unpaired) electrons. The number of carbonyl (C=O) groups excluding carboxylic acids is 1. The number of aromatic nitrogens is 1. The van der Waals surface area contributed by atoms with E-state index in [-0.39, 0.29) is 17.2 Å². The monoisotopic (exact) mass is 249 g/mol.